The van der Waals surface area contributed by atoms with E-state index in [2.05, 4.69) is 35.7 Å². The number of methoxy groups -OCH3 is 1. The van der Waals surface area contributed by atoms with Gasteiger partial charge in [-0.2, -0.15) is 0 Å². The summed E-state index contributed by atoms with van der Waals surface area (Å²) in [6.07, 6.45) is 9.94. The molecule has 1 fully saturated rings. The van der Waals surface area contributed by atoms with Crippen molar-refractivity contribution in [1.82, 2.24) is 5.32 Å². The number of para-hydroxylation sites is 1. The largest absolute Gasteiger partial charge is 0.493 e. The lowest BCUT2D eigenvalue weighted by molar-refractivity contribution is 0.303. The topological polar surface area (TPSA) is 30.5 Å². The van der Waals surface area contributed by atoms with Crippen LogP contribution < -0.4 is 14.8 Å². The minimum atomic E-state index is 0.0247. The van der Waals surface area contributed by atoms with Gasteiger partial charge in [0.1, 0.15) is 5.75 Å². The summed E-state index contributed by atoms with van der Waals surface area (Å²) in [5.41, 5.74) is 4.23. The average Bonchev–Trinajstić information content (AvgIpc) is 2.68. The maximum Gasteiger partial charge on any atom is 0.173 e. The van der Waals surface area contributed by atoms with E-state index in [9.17, 15) is 0 Å². The molecule has 1 heterocycles. The summed E-state index contributed by atoms with van der Waals surface area (Å²) in [5, 5.41) is 3.71. The summed E-state index contributed by atoms with van der Waals surface area (Å²) in [7, 11) is 1.73. The first-order chi connectivity index (χ1) is 12.8. The van der Waals surface area contributed by atoms with Crippen LogP contribution in [0.25, 0.3) is 0 Å². The molecule has 3 heteroatoms. The van der Waals surface area contributed by atoms with E-state index in [1.807, 2.05) is 30.3 Å². The molecule has 0 saturated carbocycles. The minimum absolute atomic E-state index is 0.0247. The molecule has 2 bridgehead atoms. The number of hydrogen-bond acceptors (Lipinski definition) is 3. The van der Waals surface area contributed by atoms with Crippen LogP contribution >= 0.6 is 0 Å². The fourth-order valence-corrected chi connectivity index (χ4v) is 4.93. The predicted octanol–water partition coefficient (Wildman–Crippen LogP) is 4.53. The van der Waals surface area contributed by atoms with E-state index in [1.54, 1.807) is 7.11 Å². The van der Waals surface area contributed by atoms with Crippen molar-refractivity contribution in [1.29, 1.82) is 0 Å². The standard InChI is InChI=1S/C23H23NO2/c1-25-20-11-10-16-15-19-18-9-5-6-12-23(18,13-14-24-19)21(16)22(20)26-17-7-3-2-4-8-17/h2-11,19,24H,12-15H2,1H3/t19-,23-/m0/s1. The van der Waals surface area contributed by atoms with Crippen LogP contribution in [0.5, 0.6) is 17.2 Å². The zero-order valence-corrected chi connectivity index (χ0v) is 15.0. The van der Waals surface area contributed by atoms with Crippen LogP contribution in [0.15, 0.2) is 66.3 Å². The molecule has 0 amide bonds. The Morgan fingerprint density at radius 1 is 1.12 bits per heavy atom. The van der Waals surface area contributed by atoms with E-state index in [0.717, 1.165) is 43.1 Å². The predicted molar refractivity (Wildman–Crippen MR) is 103 cm³/mol. The van der Waals surface area contributed by atoms with E-state index in [1.165, 1.54) is 16.7 Å². The third kappa shape index (κ3) is 2.24. The van der Waals surface area contributed by atoms with Crippen molar-refractivity contribution in [3.05, 3.63) is 77.4 Å². The highest BCUT2D eigenvalue weighted by Gasteiger charge is 2.49. The molecule has 1 N–H and O–H groups in total. The summed E-state index contributed by atoms with van der Waals surface area (Å²) in [5.74, 6) is 2.55. The number of hydrogen-bond donors (Lipinski definition) is 1. The molecule has 5 rings (SSSR count). The molecule has 0 spiro atoms. The van der Waals surface area contributed by atoms with Gasteiger partial charge in [0.05, 0.1) is 7.11 Å². The zero-order valence-electron chi connectivity index (χ0n) is 15.0. The molecule has 2 aliphatic carbocycles. The number of piperidine rings is 1. The quantitative estimate of drug-likeness (QED) is 0.886. The van der Waals surface area contributed by atoms with Crippen molar-refractivity contribution in [3.8, 4) is 17.2 Å². The highest BCUT2D eigenvalue weighted by Crippen LogP contribution is 2.55. The number of nitrogens with one attached hydrogen (secondary N) is 1. The molecule has 1 aliphatic heterocycles. The van der Waals surface area contributed by atoms with E-state index in [0.29, 0.717) is 6.04 Å². The van der Waals surface area contributed by atoms with Crippen LogP contribution in [0, 0.1) is 0 Å². The fourth-order valence-electron chi connectivity index (χ4n) is 4.93. The van der Waals surface area contributed by atoms with Gasteiger partial charge in [0.15, 0.2) is 11.5 Å². The van der Waals surface area contributed by atoms with Crippen LogP contribution in [0.4, 0.5) is 0 Å². The van der Waals surface area contributed by atoms with E-state index < -0.39 is 0 Å². The van der Waals surface area contributed by atoms with Gasteiger partial charge >= 0.3 is 0 Å². The van der Waals surface area contributed by atoms with Gasteiger partial charge < -0.3 is 14.8 Å². The number of rotatable bonds is 3. The van der Waals surface area contributed by atoms with Crippen molar-refractivity contribution in [3.63, 3.8) is 0 Å². The monoisotopic (exact) mass is 345 g/mol. The van der Waals surface area contributed by atoms with Gasteiger partial charge in [-0.25, -0.2) is 0 Å². The Labute approximate surface area is 154 Å². The molecule has 2 aromatic carbocycles. The van der Waals surface area contributed by atoms with Gasteiger partial charge in [0.2, 0.25) is 0 Å². The first kappa shape index (κ1) is 15.7. The SMILES string of the molecule is COc1ccc2c(c1Oc1ccccc1)[C@]13CC=CC=C1[C@H](C2)NCC3. The lowest BCUT2D eigenvalue weighted by Gasteiger charge is -2.50. The lowest BCUT2D eigenvalue weighted by atomic mass is 9.58. The Kier molecular flexibility index (Phi) is 3.64. The average molecular weight is 345 g/mol. The number of ether oxygens (including phenoxy) is 2. The summed E-state index contributed by atoms with van der Waals surface area (Å²) < 4.78 is 12.2. The van der Waals surface area contributed by atoms with E-state index in [-0.39, 0.29) is 5.41 Å². The van der Waals surface area contributed by atoms with Crippen LogP contribution in [-0.4, -0.2) is 19.7 Å². The second-order valence-electron chi connectivity index (χ2n) is 7.34. The van der Waals surface area contributed by atoms with Gasteiger partial charge in [0, 0.05) is 17.0 Å². The maximum atomic E-state index is 6.44. The third-order valence-electron chi connectivity index (χ3n) is 6.04. The summed E-state index contributed by atoms with van der Waals surface area (Å²) in [4.78, 5) is 0. The molecule has 3 aliphatic rings. The van der Waals surface area contributed by atoms with Gasteiger partial charge in [-0.3, -0.25) is 0 Å². The van der Waals surface area contributed by atoms with Gasteiger partial charge in [0.25, 0.3) is 0 Å². The molecule has 3 nitrogen and oxygen atoms in total. The Bertz CT molecular complexity index is 900. The molecular formula is C23H23NO2. The second-order valence-corrected chi connectivity index (χ2v) is 7.34. The van der Waals surface area contributed by atoms with Crippen LogP contribution in [0.3, 0.4) is 0 Å². The normalized spacial score (nSPS) is 25.7. The molecule has 1 saturated heterocycles. The lowest BCUT2D eigenvalue weighted by Crippen LogP contribution is -2.53. The van der Waals surface area contributed by atoms with Crippen LogP contribution in [0.2, 0.25) is 0 Å². The number of allylic oxidation sites excluding steroid dienone is 3. The fraction of sp³-hybridized carbons (Fsp3) is 0.304. The maximum absolute atomic E-state index is 6.44. The van der Waals surface area contributed by atoms with Crippen molar-refractivity contribution in [2.24, 2.45) is 0 Å². The Morgan fingerprint density at radius 2 is 2.00 bits per heavy atom. The highest BCUT2D eigenvalue weighted by atomic mass is 16.5. The molecule has 132 valence electrons. The molecule has 0 unspecified atom stereocenters. The number of fused-ring (bicyclic) bond motifs is 1. The molecule has 0 aromatic heterocycles. The highest BCUT2D eigenvalue weighted by molar-refractivity contribution is 5.63. The summed E-state index contributed by atoms with van der Waals surface area (Å²) in [6.45, 7) is 1.04. The Morgan fingerprint density at radius 3 is 2.85 bits per heavy atom. The molecule has 2 atom stereocenters. The van der Waals surface area contributed by atoms with Gasteiger partial charge in [-0.15, -0.1) is 0 Å². The second kappa shape index (κ2) is 6.03. The van der Waals surface area contributed by atoms with Crippen molar-refractivity contribution in [2.75, 3.05) is 13.7 Å². The van der Waals surface area contributed by atoms with Gasteiger partial charge in [-0.05, 0) is 55.1 Å². The zero-order chi connectivity index (χ0) is 17.6. The smallest absolute Gasteiger partial charge is 0.173 e. The van der Waals surface area contributed by atoms with Crippen molar-refractivity contribution >= 4 is 0 Å². The molecule has 26 heavy (non-hydrogen) atoms. The van der Waals surface area contributed by atoms with E-state index >= 15 is 0 Å². The van der Waals surface area contributed by atoms with Crippen molar-refractivity contribution < 1.29 is 9.47 Å². The first-order valence-corrected chi connectivity index (χ1v) is 9.36. The van der Waals surface area contributed by atoms with E-state index in [4.69, 9.17) is 9.47 Å². The molecule has 0 radical (unpaired) electrons. The minimum Gasteiger partial charge on any atom is -0.493 e. The Balaban J connectivity index is 1.73. The summed E-state index contributed by atoms with van der Waals surface area (Å²) >= 11 is 0. The van der Waals surface area contributed by atoms with Crippen LogP contribution in [-0.2, 0) is 11.8 Å². The van der Waals surface area contributed by atoms with Crippen LogP contribution in [0.1, 0.15) is 24.0 Å². The van der Waals surface area contributed by atoms with Gasteiger partial charge in [-0.1, -0.05) is 42.5 Å². The first-order valence-electron chi connectivity index (χ1n) is 9.36. The third-order valence-corrected chi connectivity index (χ3v) is 6.04. The molecule has 2 aromatic rings. The summed E-state index contributed by atoms with van der Waals surface area (Å²) in [6, 6.07) is 14.7. The Hall–Kier alpha value is -2.52. The molecular weight excluding hydrogens is 322 g/mol. The number of benzene rings is 2. The van der Waals surface area contributed by atoms with Crippen molar-refractivity contribution in [2.45, 2.75) is 30.7 Å².